The Labute approximate surface area is 220 Å². The fourth-order valence-electron chi connectivity index (χ4n) is 4.52. The van der Waals surface area contributed by atoms with Gasteiger partial charge < -0.3 is 25.2 Å². The molecule has 2 amide bonds. The number of aliphatic hydroxyl groups excluding tert-OH is 2. The number of pyridine rings is 2. The highest BCUT2D eigenvalue weighted by atomic mass is 35.5. The summed E-state index contributed by atoms with van der Waals surface area (Å²) in [5.74, 6) is 0.433. The lowest BCUT2D eigenvalue weighted by atomic mass is 10.1. The van der Waals surface area contributed by atoms with E-state index in [0.717, 1.165) is 12.1 Å². The second kappa shape index (κ2) is 10.3. The molecule has 0 spiro atoms. The fourth-order valence-corrected chi connectivity index (χ4v) is 4.77. The minimum atomic E-state index is -4.53. The molecule has 3 aromatic rings. The predicted molar refractivity (Wildman–Crippen MR) is 135 cm³/mol. The number of halogens is 4. The van der Waals surface area contributed by atoms with Crippen LogP contribution in [0.2, 0.25) is 5.02 Å². The van der Waals surface area contributed by atoms with E-state index in [2.05, 4.69) is 15.3 Å². The third-order valence-electron chi connectivity index (χ3n) is 6.34. The molecule has 2 aliphatic heterocycles. The Hall–Kier alpha value is -3.61. The van der Waals surface area contributed by atoms with Gasteiger partial charge in [-0.2, -0.15) is 13.2 Å². The first kappa shape index (κ1) is 26.0. The van der Waals surface area contributed by atoms with Crippen molar-refractivity contribution in [1.29, 1.82) is 0 Å². The van der Waals surface area contributed by atoms with Crippen molar-refractivity contribution in [3.8, 4) is 17.1 Å². The highest BCUT2D eigenvalue weighted by Gasteiger charge is 2.41. The Morgan fingerprint density at radius 2 is 2.08 bits per heavy atom. The van der Waals surface area contributed by atoms with Gasteiger partial charge in [0.2, 0.25) is 5.88 Å². The molecule has 2 atom stereocenters. The van der Waals surface area contributed by atoms with Gasteiger partial charge in [-0.15, -0.1) is 0 Å². The summed E-state index contributed by atoms with van der Waals surface area (Å²) in [5.41, 5.74) is 0.478. The number of carbonyl (C=O) groups is 1. The van der Waals surface area contributed by atoms with E-state index in [4.69, 9.17) is 21.4 Å². The largest absolute Gasteiger partial charge is 0.475 e. The molecule has 38 heavy (non-hydrogen) atoms. The quantitative estimate of drug-likeness (QED) is 0.423. The van der Waals surface area contributed by atoms with Crippen LogP contribution < -0.4 is 19.9 Å². The molecule has 5 rings (SSSR count). The lowest BCUT2D eigenvalue weighted by Gasteiger charge is -2.36. The Morgan fingerprint density at radius 3 is 2.84 bits per heavy atom. The van der Waals surface area contributed by atoms with E-state index in [9.17, 15) is 23.1 Å². The summed E-state index contributed by atoms with van der Waals surface area (Å²) >= 11 is 6.49. The molecule has 2 aliphatic rings. The van der Waals surface area contributed by atoms with Gasteiger partial charge in [-0.3, -0.25) is 4.90 Å². The van der Waals surface area contributed by atoms with Gasteiger partial charge in [-0.05, 0) is 30.7 Å². The fraction of sp³-hybridized carbons (Fsp3) is 0.320. The third kappa shape index (κ3) is 5.19. The second-order valence-corrected chi connectivity index (χ2v) is 9.37. The molecule has 13 heteroatoms. The van der Waals surface area contributed by atoms with E-state index in [-0.39, 0.29) is 34.8 Å². The van der Waals surface area contributed by atoms with Gasteiger partial charge in [0.1, 0.15) is 12.7 Å². The van der Waals surface area contributed by atoms with Crippen molar-refractivity contribution in [2.75, 3.05) is 41.4 Å². The average molecular weight is 550 g/mol. The maximum absolute atomic E-state index is 13.5. The van der Waals surface area contributed by atoms with Crippen LogP contribution in [0, 0.1) is 0 Å². The number of hydrogen-bond acceptors (Lipinski definition) is 7. The van der Waals surface area contributed by atoms with Crippen LogP contribution in [0.25, 0.3) is 11.3 Å². The third-order valence-corrected chi connectivity index (χ3v) is 6.62. The van der Waals surface area contributed by atoms with E-state index in [0.29, 0.717) is 36.7 Å². The minimum Gasteiger partial charge on any atom is -0.475 e. The van der Waals surface area contributed by atoms with Gasteiger partial charge in [0, 0.05) is 36.6 Å². The molecule has 2 bridgehead atoms. The molecule has 0 saturated carbocycles. The standard InChI is InChI=1S/C25H23ClF3N5O4/c26-19-10-20-23(32-22(19)14-2-1-3-15(8-14)25(27,28)29)34(17-5-7-33(20)11-17)24(37)31-16-4-6-30-21(9-16)38-13-18(36)12-35/h1-4,6,8-10,17-18,35-36H,5,7,11-13H2,(H,30,31,37)/t17-,18+/m0/s1. The highest BCUT2D eigenvalue weighted by molar-refractivity contribution is 6.33. The number of fused-ring (bicyclic) bond motifs is 4. The van der Waals surface area contributed by atoms with E-state index in [1.807, 2.05) is 4.90 Å². The molecule has 0 unspecified atom stereocenters. The maximum Gasteiger partial charge on any atom is 0.416 e. The van der Waals surface area contributed by atoms with Crippen molar-refractivity contribution in [2.45, 2.75) is 24.7 Å². The summed E-state index contributed by atoms with van der Waals surface area (Å²) in [6.07, 6.45) is -3.52. The number of alkyl halides is 3. The molecule has 0 radical (unpaired) electrons. The minimum absolute atomic E-state index is 0.137. The van der Waals surface area contributed by atoms with E-state index in [1.54, 1.807) is 12.1 Å². The van der Waals surface area contributed by atoms with Gasteiger partial charge in [-0.1, -0.05) is 23.7 Å². The van der Waals surface area contributed by atoms with Crippen LogP contribution >= 0.6 is 11.6 Å². The van der Waals surface area contributed by atoms with Crippen molar-refractivity contribution < 1.29 is 32.9 Å². The lowest BCUT2D eigenvalue weighted by Crippen LogP contribution is -2.48. The topological polar surface area (TPSA) is 111 Å². The van der Waals surface area contributed by atoms with Crippen LogP contribution in [-0.2, 0) is 6.18 Å². The zero-order valence-electron chi connectivity index (χ0n) is 19.8. The number of amides is 2. The number of rotatable bonds is 6. The number of urea groups is 1. The van der Waals surface area contributed by atoms with Gasteiger partial charge >= 0.3 is 12.2 Å². The lowest BCUT2D eigenvalue weighted by molar-refractivity contribution is -0.137. The SMILES string of the molecule is O=C(Nc1ccnc(OC[C@H](O)CO)c1)N1c2nc(-c3cccc(C(F)(F)F)c3)c(Cl)cc2N2CC[C@H]1C2. The molecule has 9 nitrogen and oxygen atoms in total. The smallest absolute Gasteiger partial charge is 0.416 e. The van der Waals surface area contributed by atoms with Crippen molar-refractivity contribution in [1.82, 2.24) is 9.97 Å². The molecule has 1 fully saturated rings. The molecule has 2 aromatic heterocycles. The summed E-state index contributed by atoms with van der Waals surface area (Å²) < 4.78 is 45.3. The molecule has 3 N–H and O–H groups in total. The first-order valence-corrected chi connectivity index (χ1v) is 12.1. The number of nitrogens with zero attached hydrogens (tertiary/aromatic N) is 4. The number of aromatic nitrogens is 2. The van der Waals surface area contributed by atoms with Crippen LogP contribution in [0.1, 0.15) is 12.0 Å². The summed E-state index contributed by atoms with van der Waals surface area (Å²) in [4.78, 5) is 25.7. The van der Waals surface area contributed by atoms with Crippen LogP contribution in [0.5, 0.6) is 5.88 Å². The summed E-state index contributed by atoms with van der Waals surface area (Å²) in [6.45, 7) is 0.581. The molecular weight excluding hydrogens is 527 g/mol. The Balaban J connectivity index is 1.46. The van der Waals surface area contributed by atoms with E-state index in [1.165, 1.54) is 29.3 Å². The molecule has 1 saturated heterocycles. The summed E-state index contributed by atoms with van der Waals surface area (Å²) in [7, 11) is 0. The normalized spacial score (nSPS) is 17.3. The monoisotopic (exact) mass is 549 g/mol. The molecule has 200 valence electrons. The Morgan fingerprint density at radius 1 is 1.26 bits per heavy atom. The number of carbonyl (C=O) groups excluding carboxylic acids is 1. The molecule has 0 aliphatic carbocycles. The van der Waals surface area contributed by atoms with Crippen molar-refractivity contribution in [3.05, 3.63) is 59.2 Å². The van der Waals surface area contributed by atoms with Gasteiger partial charge in [0.15, 0.2) is 5.82 Å². The average Bonchev–Trinajstić information content (AvgIpc) is 3.31. The number of hydrogen-bond donors (Lipinski definition) is 3. The van der Waals surface area contributed by atoms with Crippen LogP contribution in [-0.4, -0.2) is 64.7 Å². The number of nitrogens with one attached hydrogen (secondary N) is 1. The van der Waals surface area contributed by atoms with Gasteiger partial charge in [-0.25, -0.2) is 14.8 Å². The number of aliphatic hydroxyl groups is 2. The van der Waals surface area contributed by atoms with Crippen LogP contribution in [0.3, 0.4) is 0 Å². The van der Waals surface area contributed by atoms with E-state index >= 15 is 0 Å². The Kier molecular flexibility index (Phi) is 7.03. The molecular formula is C25H23ClF3N5O4. The summed E-state index contributed by atoms with van der Waals surface area (Å²) in [6, 6.07) is 8.69. The zero-order chi connectivity index (χ0) is 27.0. The van der Waals surface area contributed by atoms with Crippen molar-refractivity contribution in [2.24, 2.45) is 0 Å². The summed E-state index contributed by atoms with van der Waals surface area (Å²) in [5, 5.41) is 21.4. The van der Waals surface area contributed by atoms with Crippen LogP contribution in [0.15, 0.2) is 48.7 Å². The van der Waals surface area contributed by atoms with Crippen LogP contribution in [0.4, 0.5) is 35.2 Å². The van der Waals surface area contributed by atoms with Gasteiger partial charge in [0.25, 0.3) is 0 Å². The maximum atomic E-state index is 13.5. The first-order valence-electron chi connectivity index (χ1n) is 11.7. The van der Waals surface area contributed by atoms with Crippen molar-refractivity contribution in [3.63, 3.8) is 0 Å². The van der Waals surface area contributed by atoms with Crippen molar-refractivity contribution >= 4 is 34.8 Å². The van der Waals surface area contributed by atoms with Gasteiger partial charge in [0.05, 0.1) is 34.6 Å². The molecule has 4 heterocycles. The Bertz CT molecular complexity index is 1360. The van der Waals surface area contributed by atoms with E-state index < -0.39 is 30.5 Å². The second-order valence-electron chi connectivity index (χ2n) is 8.96. The number of ether oxygens (including phenoxy) is 1. The zero-order valence-corrected chi connectivity index (χ0v) is 20.6. The number of anilines is 3. The molecule has 1 aromatic carbocycles. The first-order chi connectivity index (χ1) is 18.1. The predicted octanol–water partition coefficient (Wildman–Crippen LogP) is 4.18. The number of benzene rings is 1. The highest BCUT2D eigenvalue weighted by Crippen LogP contribution is 2.43.